The van der Waals surface area contributed by atoms with Crippen LogP contribution >= 0.6 is 0 Å². The van der Waals surface area contributed by atoms with Gasteiger partial charge < -0.3 is 10.4 Å². The van der Waals surface area contributed by atoms with E-state index in [-0.39, 0.29) is 17.9 Å². The van der Waals surface area contributed by atoms with Crippen LogP contribution in [0.15, 0.2) is 0 Å². The van der Waals surface area contributed by atoms with Gasteiger partial charge in [-0.3, -0.25) is 9.59 Å². The van der Waals surface area contributed by atoms with Crippen molar-refractivity contribution >= 4 is 11.9 Å². The quantitative estimate of drug-likeness (QED) is 0.778. The monoisotopic (exact) mass is 229 g/mol. The molecule has 1 unspecified atom stereocenters. The summed E-state index contributed by atoms with van der Waals surface area (Å²) >= 11 is 0. The van der Waals surface area contributed by atoms with Crippen molar-refractivity contribution in [1.29, 1.82) is 0 Å². The average molecular weight is 229 g/mol. The third kappa shape index (κ3) is 5.73. The minimum atomic E-state index is -0.920. The second-order valence-electron chi connectivity index (χ2n) is 6.26. The highest BCUT2D eigenvalue weighted by atomic mass is 16.4. The number of amides is 1. The number of hydrogen-bond acceptors (Lipinski definition) is 2. The second-order valence-corrected chi connectivity index (χ2v) is 6.26. The number of carbonyl (C=O) groups excluding carboxylic acids is 1. The molecule has 1 amide bonds. The summed E-state index contributed by atoms with van der Waals surface area (Å²) in [6.45, 7) is 11.1. The minimum Gasteiger partial charge on any atom is -0.481 e. The SMILES string of the molecule is CC(C)(C)NC(=O)CC(C(=O)O)C(C)(C)C. The highest BCUT2D eigenvalue weighted by molar-refractivity contribution is 5.83. The van der Waals surface area contributed by atoms with E-state index < -0.39 is 17.3 Å². The van der Waals surface area contributed by atoms with E-state index in [0.29, 0.717) is 0 Å². The molecule has 0 rings (SSSR count). The third-order valence-electron chi connectivity index (χ3n) is 2.25. The molecule has 0 spiro atoms. The maximum atomic E-state index is 11.6. The van der Waals surface area contributed by atoms with E-state index in [1.54, 1.807) is 0 Å². The molecule has 0 saturated heterocycles. The van der Waals surface area contributed by atoms with Crippen LogP contribution in [0.25, 0.3) is 0 Å². The van der Waals surface area contributed by atoms with Gasteiger partial charge in [-0.05, 0) is 26.2 Å². The van der Waals surface area contributed by atoms with Crippen molar-refractivity contribution < 1.29 is 14.7 Å². The van der Waals surface area contributed by atoms with Crippen LogP contribution in [-0.4, -0.2) is 22.5 Å². The van der Waals surface area contributed by atoms with Gasteiger partial charge in [0.2, 0.25) is 5.91 Å². The van der Waals surface area contributed by atoms with Crippen molar-refractivity contribution in [1.82, 2.24) is 5.32 Å². The molecule has 0 radical (unpaired) electrons. The van der Waals surface area contributed by atoms with Crippen LogP contribution in [0, 0.1) is 11.3 Å². The van der Waals surface area contributed by atoms with Crippen molar-refractivity contribution in [2.24, 2.45) is 11.3 Å². The summed E-state index contributed by atoms with van der Waals surface area (Å²) < 4.78 is 0. The third-order valence-corrected chi connectivity index (χ3v) is 2.25. The van der Waals surface area contributed by atoms with E-state index in [2.05, 4.69) is 5.32 Å². The van der Waals surface area contributed by atoms with Gasteiger partial charge in [0.05, 0.1) is 5.92 Å². The first-order chi connectivity index (χ1) is 6.93. The van der Waals surface area contributed by atoms with Gasteiger partial charge in [0.25, 0.3) is 0 Å². The van der Waals surface area contributed by atoms with Gasteiger partial charge in [-0.15, -0.1) is 0 Å². The Morgan fingerprint density at radius 1 is 1.12 bits per heavy atom. The average Bonchev–Trinajstić information content (AvgIpc) is 1.93. The van der Waals surface area contributed by atoms with Gasteiger partial charge in [-0.25, -0.2) is 0 Å². The van der Waals surface area contributed by atoms with Crippen LogP contribution in [0.3, 0.4) is 0 Å². The molecule has 0 heterocycles. The van der Waals surface area contributed by atoms with Crippen LogP contribution in [0.2, 0.25) is 0 Å². The molecular formula is C12H23NO3. The van der Waals surface area contributed by atoms with E-state index in [4.69, 9.17) is 5.11 Å². The maximum absolute atomic E-state index is 11.6. The predicted molar refractivity (Wildman–Crippen MR) is 63.1 cm³/mol. The van der Waals surface area contributed by atoms with Crippen LogP contribution in [-0.2, 0) is 9.59 Å². The number of rotatable bonds is 3. The maximum Gasteiger partial charge on any atom is 0.307 e. The summed E-state index contributed by atoms with van der Waals surface area (Å²) in [5.74, 6) is -1.79. The molecule has 0 saturated carbocycles. The molecule has 94 valence electrons. The van der Waals surface area contributed by atoms with Crippen molar-refractivity contribution in [2.75, 3.05) is 0 Å². The second kappa shape index (κ2) is 4.85. The van der Waals surface area contributed by atoms with Crippen LogP contribution in [0.5, 0.6) is 0 Å². The lowest BCUT2D eigenvalue weighted by atomic mass is 9.78. The zero-order valence-corrected chi connectivity index (χ0v) is 11.0. The van der Waals surface area contributed by atoms with Crippen molar-refractivity contribution in [3.05, 3.63) is 0 Å². The van der Waals surface area contributed by atoms with Crippen LogP contribution < -0.4 is 5.32 Å². The Bertz CT molecular complexity index is 271. The van der Waals surface area contributed by atoms with E-state index in [9.17, 15) is 9.59 Å². The fraction of sp³-hybridized carbons (Fsp3) is 0.833. The first kappa shape index (κ1) is 14.9. The molecule has 0 fully saturated rings. The Hall–Kier alpha value is -1.06. The fourth-order valence-electron chi connectivity index (χ4n) is 1.42. The Balaban J connectivity index is 4.56. The van der Waals surface area contributed by atoms with Gasteiger partial charge in [-0.1, -0.05) is 20.8 Å². The fourth-order valence-corrected chi connectivity index (χ4v) is 1.42. The van der Waals surface area contributed by atoms with Gasteiger partial charge in [0, 0.05) is 12.0 Å². The summed E-state index contributed by atoms with van der Waals surface area (Å²) in [4.78, 5) is 22.7. The molecule has 0 aliphatic rings. The summed E-state index contributed by atoms with van der Waals surface area (Å²) in [6.07, 6.45) is 0.0239. The predicted octanol–water partition coefficient (Wildman–Crippen LogP) is 2.04. The molecule has 16 heavy (non-hydrogen) atoms. The number of nitrogens with one attached hydrogen (secondary N) is 1. The molecule has 0 bridgehead atoms. The molecule has 1 atom stereocenters. The highest BCUT2D eigenvalue weighted by Crippen LogP contribution is 2.29. The molecule has 2 N–H and O–H groups in total. The van der Waals surface area contributed by atoms with Crippen LogP contribution in [0.1, 0.15) is 48.0 Å². The first-order valence-electron chi connectivity index (χ1n) is 5.47. The summed E-state index contributed by atoms with van der Waals surface area (Å²) in [7, 11) is 0. The lowest BCUT2D eigenvalue weighted by Gasteiger charge is -2.28. The Labute approximate surface area is 97.4 Å². The van der Waals surface area contributed by atoms with Crippen molar-refractivity contribution in [3.8, 4) is 0 Å². The lowest BCUT2D eigenvalue weighted by molar-refractivity contribution is -0.148. The van der Waals surface area contributed by atoms with Crippen LogP contribution in [0.4, 0.5) is 0 Å². The molecule has 0 aromatic carbocycles. The number of carboxylic acid groups (broad SMARTS) is 1. The van der Waals surface area contributed by atoms with Gasteiger partial charge in [0.15, 0.2) is 0 Å². The minimum absolute atomic E-state index is 0.0239. The molecule has 0 aliphatic carbocycles. The Kier molecular flexibility index (Phi) is 4.53. The summed E-state index contributed by atoms with van der Waals surface area (Å²) in [6, 6.07) is 0. The molecule has 0 aliphatic heterocycles. The summed E-state index contributed by atoms with van der Waals surface area (Å²) in [5.41, 5.74) is -0.737. The normalized spacial score (nSPS) is 14.4. The standard InChI is InChI=1S/C12H23NO3/c1-11(2,3)8(10(15)16)7-9(14)13-12(4,5)6/h8H,7H2,1-6H3,(H,13,14)(H,15,16). The van der Waals surface area contributed by atoms with Gasteiger partial charge >= 0.3 is 5.97 Å². The number of carboxylic acids is 1. The number of carbonyl (C=O) groups is 2. The van der Waals surface area contributed by atoms with E-state index in [0.717, 1.165) is 0 Å². The molecule has 4 nitrogen and oxygen atoms in total. The first-order valence-corrected chi connectivity index (χ1v) is 5.47. The van der Waals surface area contributed by atoms with E-state index in [1.165, 1.54) is 0 Å². The topological polar surface area (TPSA) is 66.4 Å². The van der Waals surface area contributed by atoms with Gasteiger partial charge in [0.1, 0.15) is 0 Å². The Morgan fingerprint density at radius 2 is 1.56 bits per heavy atom. The molecular weight excluding hydrogens is 206 g/mol. The largest absolute Gasteiger partial charge is 0.481 e. The zero-order chi connectivity index (χ0) is 13.1. The number of hydrogen-bond donors (Lipinski definition) is 2. The molecule has 0 aromatic rings. The lowest BCUT2D eigenvalue weighted by Crippen LogP contribution is -2.43. The van der Waals surface area contributed by atoms with Gasteiger partial charge in [-0.2, -0.15) is 0 Å². The van der Waals surface area contributed by atoms with E-state index >= 15 is 0 Å². The van der Waals surface area contributed by atoms with Crippen molar-refractivity contribution in [3.63, 3.8) is 0 Å². The van der Waals surface area contributed by atoms with Crippen molar-refractivity contribution in [2.45, 2.75) is 53.5 Å². The highest BCUT2D eigenvalue weighted by Gasteiger charge is 2.33. The smallest absolute Gasteiger partial charge is 0.307 e. The molecule has 4 heteroatoms. The Morgan fingerprint density at radius 3 is 1.81 bits per heavy atom. The molecule has 0 aromatic heterocycles. The zero-order valence-electron chi connectivity index (χ0n) is 11.0. The van der Waals surface area contributed by atoms with E-state index in [1.807, 2.05) is 41.5 Å². The number of aliphatic carboxylic acids is 1. The summed E-state index contributed by atoms with van der Waals surface area (Å²) in [5, 5.41) is 11.9.